The summed E-state index contributed by atoms with van der Waals surface area (Å²) in [5.74, 6) is -0.161. The molecule has 1 amide bonds. The van der Waals surface area contributed by atoms with Crippen LogP contribution in [0.2, 0.25) is 0 Å². The minimum atomic E-state index is -0.678. The minimum absolute atomic E-state index is 0.200. The van der Waals surface area contributed by atoms with Crippen molar-refractivity contribution in [1.29, 1.82) is 0 Å². The highest BCUT2D eigenvalue weighted by Crippen LogP contribution is 2.30. The van der Waals surface area contributed by atoms with Gasteiger partial charge in [-0.3, -0.25) is 4.90 Å². The number of nitrogens with one attached hydrogen (secondary N) is 1. The Balaban J connectivity index is 1.92. The van der Waals surface area contributed by atoms with Crippen LogP contribution in [-0.4, -0.2) is 55.9 Å². The van der Waals surface area contributed by atoms with Gasteiger partial charge in [0.15, 0.2) is 5.65 Å². The van der Waals surface area contributed by atoms with E-state index in [2.05, 4.69) is 20.1 Å². The largest absolute Gasteiger partial charge is 0.462 e. The van der Waals surface area contributed by atoms with E-state index in [1.165, 1.54) is 15.6 Å². The Hall–Kier alpha value is -3.95. The van der Waals surface area contributed by atoms with Crippen molar-refractivity contribution in [3.8, 4) is 11.3 Å². The summed E-state index contributed by atoms with van der Waals surface area (Å²) in [6, 6.07) is 5.46. The fraction of sp³-hybridized carbons (Fsp3) is 0.318. The van der Waals surface area contributed by atoms with Gasteiger partial charge in [-0.1, -0.05) is 0 Å². The Labute approximate surface area is 184 Å². The summed E-state index contributed by atoms with van der Waals surface area (Å²) in [7, 11) is 1.58. The number of anilines is 1. The number of H-pyrrole nitrogens is 1. The van der Waals surface area contributed by atoms with E-state index in [9.17, 15) is 9.59 Å². The first-order valence-corrected chi connectivity index (χ1v) is 10.1. The molecule has 4 aromatic rings. The number of hydrogen-bond acceptors (Lipinski definition) is 7. The average molecular weight is 436 g/mol. The SMILES string of the molecule is CCOC(=O)c1cnn2c(N(C)C(=O)OC(C)(C)C)cc(-c3c[nH]c4ncccc34)nc12. The van der Waals surface area contributed by atoms with Crippen LogP contribution in [0.5, 0.6) is 0 Å². The lowest BCUT2D eigenvalue weighted by atomic mass is 10.1. The van der Waals surface area contributed by atoms with Gasteiger partial charge in [-0.25, -0.2) is 19.6 Å². The predicted octanol–water partition coefficient (Wildman–Crippen LogP) is 3.82. The van der Waals surface area contributed by atoms with Crippen LogP contribution in [0.1, 0.15) is 38.1 Å². The lowest BCUT2D eigenvalue weighted by Gasteiger charge is -2.25. The van der Waals surface area contributed by atoms with Gasteiger partial charge in [0.25, 0.3) is 0 Å². The van der Waals surface area contributed by atoms with Crippen molar-refractivity contribution in [3.63, 3.8) is 0 Å². The van der Waals surface area contributed by atoms with E-state index in [-0.39, 0.29) is 17.8 Å². The third kappa shape index (κ3) is 3.86. The first-order valence-electron chi connectivity index (χ1n) is 10.1. The fourth-order valence-electron chi connectivity index (χ4n) is 3.27. The molecule has 10 nitrogen and oxygen atoms in total. The standard InChI is InChI=1S/C22H24N6O4/c1-6-31-20(29)15-12-25-28-17(27(5)21(30)32-22(2,3)4)10-16(26-19(15)28)14-11-24-18-13(14)8-7-9-23-18/h7-12H,6H2,1-5H3,(H,23,24). The molecule has 10 heteroatoms. The van der Waals surface area contributed by atoms with Gasteiger partial charge in [0.2, 0.25) is 0 Å². The Kier molecular flexibility index (Phi) is 5.29. The van der Waals surface area contributed by atoms with Crippen molar-refractivity contribution in [2.24, 2.45) is 0 Å². The number of pyridine rings is 1. The van der Waals surface area contributed by atoms with Gasteiger partial charge in [-0.05, 0) is 39.8 Å². The highest BCUT2D eigenvalue weighted by atomic mass is 16.6. The van der Waals surface area contributed by atoms with Gasteiger partial charge in [0.05, 0.1) is 18.5 Å². The van der Waals surface area contributed by atoms with Crippen molar-refractivity contribution in [3.05, 3.63) is 42.4 Å². The number of aromatic nitrogens is 5. The molecule has 0 unspecified atom stereocenters. The van der Waals surface area contributed by atoms with E-state index < -0.39 is 17.7 Å². The van der Waals surface area contributed by atoms with Crippen molar-refractivity contribution in [1.82, 2.24) is 24.6 Å². The molecule has 4 heterocycles. The third-order valence-corrected chi connectivity index (χ3v) is 4.69. The number of ether oxygens (including phenoxy) is 2. The second-order valence-electron chi connectivity index (χ2n) is 8.15. The summed E-state index contributed by atoms with van der Waals surface area (Å²) in [5, 5.41) is 5.14. The maximum Gasteiger partial charge on any atom is 0.415 e. The third-order valence-electron chi connectivity index (χ3n) is 4.69. The number of rotatable bonds is 4. The van der Waals surface area contributed by atoms with E-state index >= 15 is 0 Å². The van der Waals surface area contributed by atoms with Crippen LogP contribution in [0.3, 0.4) is 0 Å². The van der Waals surface area contributed by atoms with E-state index in [0.717, 1.165) is 10.9 Å². The number of esters is 1. The van der Waals surface area contributed by atoms with Crippen molar-refractivity contribution in [2.45, 2.75) is 33.3 Å². The molecule has 0 radical (unpaired) electrons. The van der Waals surface area contributed by atoms with Crippen LogP contribution in [0.4, 0.5) is 10.6 Å². The Morgan fingerprint density at radius 2 is 2.06 bits per heavy atom. The maximum absolute atomic E-state index is 12.8. The van der Waals surface area contributed by atoms with Crippen LogP contribution in [0, 0.1) is 0 Å². The Bertz CT molecular complexity index is 1320. The Morgan fingerprint density at radius 3 is 2.78 bits per heavy atom. The van der Waals surface area contributed by atoms with Gasteiger partial charge in [0, 0.05) is 36.5 Å². The zero-order chi connectivity index (χ0) is 23.0. The van der Waals surface area contributed by atoms with Crippen LogP contribution in [-0.2, 0) is 9.47 Å². The molecule has 1 N–H and O–H groups in total. The van der Waals surface area contributed by atoms with E-state index in [0.29, 0.717) is 17.2 Å². The molecule has 0 aliphatic rings. The number of fused-ring (bicyclic) bond motifs is 2. The summed E-state index contributed by atoms with van der Waals surface area (Å²) in [5.41, 5.74) is 1.79. The number of carbonyl (C=O) groups is 2. The van der Waals surface area contributed by atoms with Crippen molar-refractivity contribution < 1.29 is 19.1 Å². The summed E-state index contributed by atoms with van der Waals surface area (Å²) >= 11 is 0. The quantitative estimate of drug-likeness (QED) is 0.484. The molecule has 0 aromatic carbocycles. The van der Waals surface area contributed by atoms with Crippen LogP contribution in [0.25, 0.3) is 27.9 Å². The second-order valence-corrected chi connectivity index (χ2v) is 8.15. The molecule has 0 aliphatic carbocycles. The van der Waals surface area contributed by atoms with Crippen LogP contribution < -0.4 is 4.90 Å². The van der Waals surface area contributed by atoms with Crippen molar-refractivity contribution in [2.75, 3.05) is 18.6 Å². The molecule has 4 aromatic heterocycles. The fourth-order valence-corrected chi connectivity index (χ4v) is 3.27. The van der Waals surface area contributed by atoms with Gasteiger partial charge in [-0.2, -0.15) is 9.61 Å². The first-order chi connectivity index (χ1) is 15.2. The maximum atomic E-state index is 12.8. The summed E-state index contributed by atoms with van der Waals surface area (Å²) < 4.78 is 12.1. The number of amides is 1. The number of hydrogen-bond donors (Lipinski definition) is 1. The van der Waals surface area contributed by atoms with Gasteiger partial charge < -0.3 is 14.5 Å². The smallest absolute Gasteiger partial charge is 0.415 e. The molecular weight excluding hydrogens is 412 g/mol. The highest BCUT2D eigenvalue weighted by Gasteiger charge is 2.26. The monoisotopic (exact) mass is 436 g/mol. The number of carbonyl (C=O) groups excluding carboxylic acids is 2. The zero-order valence-corrected chi connectivity index (χ0v) is 18.5. The van der Waals surface area contributed by atoms with Crippen LogP contribution in [0.15, 0.2) is 36.8 Å². The molecule has 0 saturated carbocycles. The number of nitrogens with zero attached hydrogens (tertiary/aromatic N) is 5. The van der Waals surface area contributed by atoms with Gasteiger partial charge in [0.1, 0.15) is 22.6 Å². The Morgan fingerprint density at radius 1 is 1.28 bits per heavy atom. The summed E-state index contributed by atoms with van der Waals surface area (Å²) in [6.07, 6.45) is 4.29. The van der Waals surface area contributed by atoms with Gasteiger partial charge >= 0.3 is 12.1 Å². The highest BCUT2D eigenvalue weighted by molar-refractivity contribution is 5.98. The topological polar surface area (TPSA) is 115 Å². The molecule has 0 atom stereocenters. The predicted molar refractivity (Wildman–Crippen MR) is 119 cm³/mol. The zero-order valence-electron chi connectivity index (χ0n) is 18.5. The van der Waals surface area contributed by atoms with E-state index in [1.54, 1.807) is 53.2 Å². The molecular formula is C22H24N6O4. The average Bonchev–Trinajstić information content (AvgIpc) is 3.35. The summed E-state index contributed by atoms with van der Waals surface area (Å²) in [6.45, 7) is 7.31. The molecule has 166 valence electrons. The first kappa shape index (κ1) is 21.3. The second kappa shape index (κ2) is 7.95. The normalized spacial score (nSPS) is 11.7. The van der Waals surface area contributed by atoms with Crippen LogP contribution >= 0.6 is 0 Å². The molecule has 0 spiro atoms. The van der Waals surface area contributed by atoms with Gasteiger partial charge in [-0.15, -0.1) is 0 Å². The van der Waals surface area contributed by atoms with E-state index in [1.807, 2.05) is 12.1 Å². The molecule has 0 bridgehead atoms. The molecule has 32 heavy (non-hydrogen) atoms. The summed E-state index contributed by atoms with van der Waals surface area (Å²) in [4.78, 5) is 38.7. The minimum Gasteiger partial charge on any atom is -0.462 e. The lowest BCUT2D eigenvalue weighted by Crippen LogP contribution is -2.35. The molecule has 4 rings (SSSR count). The lowest BCUT2D eigenvalue weighted by molar-refractivity contribution is 0.0527. The molecule has 0 aliphatic heterocycles. The number of aromatic amines is 1. The van der Waals surface area contributed by atoms with Crippen molar-refractivity contribution >= 4 is 34.6 Å². The van der Waals surface area contributed by atoms with E-state index in [4.69, 9.17) is 9.47 Å². The molecule has 0 saturated heterocycles. The molecule has 0 fully saturated rings.